The van der Waals surface area contributed by atoms with Crippen LogP contribution in [0.5, 0.6) is 5.75 Å². The third-order valence-corrected chi connectivity index (χ3v) is 4.74. The van der Waals surface area contributed by atoms with E-state index in [4.69, 9.17) is 10.5 Å². The number of nitrogens with two attached hydrogens (primary N) is 1. The molecular weight excluding hydrogens is 324 g/mol. The molecule has 0 spiro atoms. The highest BCUT2D eigenvalue weighted by Gasteiger charge is 2.36. The fraction of sp³-hybridized carbons (Fsp3) is 0.632. The predicted molar refractivity (Wildman–Crippen MR) is 101 cm³/mol. The van der Waals surface area contributed by atoms with Crippen LogP contribution in [-0.2, 0) is 10.2 Å². The van der Waals surface area contributed by atoms with Crippen molar-refractivity contribution in [3.63, 3.8) is 0 Å². The van der Waals surface area contributed by atoms with Crippen LogP contribution in [0.15, 0.2) is 24.3 Å². The standard InChI is InChI=1S/C19H30N2O2.ClH/c1-14(17(22)21-11-10-19(5,12-20)13-21)23-16-8-6-15(7-9-16)18(2,3)4;/h6-9,14H,10-13,20H2,1-5H3;1H. The van der Waals surface area contributed by atoms with Crippen molar-refractivity contribution in [3.05, 3.63) is 29.8 Å². The maximum atomic E-state index is 12.5. The van der Waals surface area contributed by atoms with Gasteiger partial charge in [0.2, 0.25) is 0 Å². The fourth-order valence-corrected chi connectivity index (χ4v) is 2.92. The second-order valence-electron chi connectivity index (χ2n) is 8.06. The molecule has 1 aromatic carbocycles. The van der Waals surface area contributed by atoms with E-state index in [2.05, 4.69) is 39.8 Å². The third-order valence-electron chi connectivity index (χ3n) is 4.74. The first-order chi connectivity index (χ1) is 10.6. The minimum absolute atomic E-state index is 0. The van der Waals surface area contributed by atoms with Gasteiger partial charge in [-0.1, -0.05) is 39.8 Å². The summed E-state index contributed by atoms with van der Waals surface area (Å²) in [5.74, 6) is 0.779. The van der Waals surface area contributed by atoms with Gasteiger partial charge in [0.1, 0.15) is 5.75 Å². The number of rotatable bonds is 4. The minimum Gasteiger partial charge on any atom is -0.481 e. The monoisotopic (exact) mass is 354 g/mol. The smallest absolute Gasteiger partial charge is 0.263 e. The summed E-state index contributed by atoms with van der Waals surface area (Å²) in [6.07, 6.45) is 0.484. The van der Waals surface area contributed by atoms with Crippen molar-refractivity contribution in [3.8, 4) is 5.75 Å². The molecule has 2 atom stereocenters. The summed E-state index contributed by atoms with van der Waals surface area (Å²) in [7, 11) is 0. The number of amides is 1. The second-order valence-corrected chi connectivity index (χ2v) is 8.06. The maximum Gasteiger partial charge on any atom is 0.263 e. The molecule has 2 N–H and O–H groups in total. The highest BCUT2D eigenvalue weighted by Crippen LogP contribution is 2.29. The SMILES string of the molecule is CC(Oc1ccc(C(C)(C)C)cc1)C(=O)N1CCC(C)(CN)C1.Cl. The lowest BCUT2D eigenvalue weighted by molar-refractivity contribution is -0.137. The molecule has 2 rings (SSSR count). The molecule has 5 heteroatoms. The van der Waals surface area contributed by atoms with Gasteiger partial charge in [-0.25, -0.2) is 0 Å². The van der Waals surface area contributed by atoms with E-state index >= 15 is 0 Å². The molecule has 1 amide bonds. The van der Waals surface area contributed by atoms with Crippen LogP contribution in [0.1, 0.15) is 46.6 Å². The van der Waals surface area contributed by atoms with E-state index in [1.165, 1.54) is 5.56 Å². The van der Waals surface area contributed by atoms with E-state index in [1.54, 1.807) is 0 Å². The van der Waals surface area contributed by atoms with Crippen LogP contribution in [0.3, 0.4) is 0 Å². The molecule has 0 saturated carbocycles. The molecule has 136 valence electrons. The minimum atomic E-state index is -0.476. The molecule has 1 aliphatic rings. The van der Waals surface area contributed by atoms with Gasteiger partial charge in [0.25, 0.3) is 5.91 Å². The molecule has 1 saturated heterocycles. The summed E-state index contributed by atoms with van der Waals surface area (Å²) in [6.45, 7) is 12.6. The zero-order valence-electron chi connectivity index (χ0n) is 15.5. The molecule has 1 aliphatic heterocycles. The summed E-state index contributed by atoms with van der Waals surface area (Å²) in [6, 6.07) is 8.01. The summed E-state index contributed by atoms with van der Waals surface area (Å²) in [5.41, 5.74) is 7.22. The van der Waals surface area contributed by atoms with Crippen molar-refractivity contribution in [1.29, 1.82) is 0 Å². The van der Waals surface area contributed by atoms with Gasteiger partial charge in [-0.3, -0.25) is 4.79 Å². The number of benzene rings is 1. The number of hydrogen-bond acceptors (Lipinski definition) is 3. The van der Waals surface area contributed by atoms with Crippen LogP contribution < -0.4 is 10.5 Å². The number of carbonyl (C=O) groups is 1. The molecule has 4 nitrogen and oxygen atoms in total. The van der Waals surface area contributed by atoms with Crippen molar-refractivity contribution >= 4 is 18.3 Å². The first-order valence-corrected chi connectivity index (χ1v) is 8.41. The Morgan fingerprint density at radius 3 is 2.38 bits per heavy atom. The number of nitrogens with zero attached hydrogens (tertiary/aromatic N) is 1. The fourth-order valence-electron chi connectivity index (χ4n) is 2.92. The van der Waals surface area contributed by atoms with E-state index in [1.807, 2.05) is 24.0 Å². The Labute approximate surface area is 152 Å². The van der Waals surface area contributed by atoms with Crippen molar-refractivity contribution in [1.82, 2.24) is 4.90 Å². The Kier molecular flexibility index (Phi) is 6.71. The van der Waals surface area contributed by atoms with Crippen LogP contribution in [0.2, 0.25) is 0 Å². The number of hydrogen-bond donors (Lipinski definition) is 1. The first kappa shape index (κ1) is 20.8. The molecule has 0 aromatic heterocycles. The maximum absolute atomic E-state index is 12.5. The van der Waals surface area contributed by atoms with Gasteiger partial charge in [-0.05, 0) is 48.4 Å². The van der Waals surface area contributed by atoms with Crippen LogP contribution in [-0.4, -0.2) is 36.5 Å². The van der Waals surface area contributed by atoms with E-state index in [-0.39, 0.29) is 29.1 Å². The Hall–Kier alpha value is -1.26. The molecule has 1 heterocycles. The van der Waals surface area contributed by atoms with Gasteiger partial charge in [0, 0.05) is 13.1 Å². The van der Waals surface area contributed by atoms with E-state index < -0.39 is 6.10 Å². The van der Waals surface area contributed by atoms with Crippen molar-refractivity contribution in [2.24, 2.45) is 11.1 Å². The highest BCUT2D eigenvalue weighted by molar-refractivity contribution is 5.85. The summed E-state index contributed by atoms with van der Waals surface area (Å²) >= 11 is 0. The van der Waals surface area contributed by atoms with Gasteiger partial charge < -0.3 is 15.4 Å². The van der Waals surface area contributed by atoms with Crippen molar-refractivity contribution in [2.75, 3.05) is 19.6 Å². The molecule has 0 bridgehead atoms. The third kappa shape index (κ3) is 4.87. The van der Waals surface area contributed by atoms with Crippen LogP contribution in [0.25, 0.3) is 0 Å². The molecule has 1 fully saturated rings. The first-order valence-electron chi connectivity index (χ1n) is 8.41. The predicted octanol–water partition coefficient (Wildman–Crippen LogP) is 3.37. The Balaban J connectivity index is 0.00000288. The van der Waals surface area contributed by atoms with Gasteiger partial charge in [-0.2, -0.15) is 0 Å². The average Bonchev–Trinajstić information content (AvgIpc) is 2.89. The lowest BCUT2D eigenvalue weighted by atomic mass is 9.87. The zero-order chi connectivity index (χ0) is 17.3. The molecule has 0 radical (unpaired) electrons. The number of ether oxygens (including phenoxy) is 1. The molecule has 24 heavy (non-hydrogen) atoms. The summed E-state index contributed by atoms with van der Waals surface area (Å²) < 4.78 is 5.84. The molecule has 1 aromatic rings. The highest BCUT2D eigenvalue weighted by atomic mass is 35.5. The zero-order valence-corrected chi connectivity index (χ0v) is 16.3. The largest absolute Gasteiger partial charge is 0.481 e. The summed E-state index contributed by atoms with van der Waals surface area (Å²) in [5, 5.41) is 0. The molecule has 0 aliphatic carbocycles. The van der Waals surface area contributed by atoms with Gasteiger partial charge in [0.05, 0.1) is 0 Å². The normalized spacial score (nSPS) is 22.0. The molecular formula is C19H31ClN2O2. The van der Waals surface area contributed by atoms with Gasteiger partial charge in [-0.15, -0.1) is 12.4 Å². The van der Waals surface area contributed by atoms with E-state index in [9.17, 15) is 4.79 Å². The van der Waals surface area contributed by atoms with E-state index in [0.29, 0.717) is 6.54 Å². The van der Waals surface area contributed by atoms with Crippen molar-refractivity contribution in [2.45, 2.75) is 52.6 Å². The molecule has 2 unspecified atom stereocenters. The quantitative estimate of drug-likeness (QED) is 0.901. The lowest BCUT2D eigenvalue weighted by Crippen LogP contribution is -2.41. The second kappa shape index (κ2) is 7.75. The van der Waals surface area contributed by atoms with Gasteiger partial charge >= 0.3 is 0 Å². The van der Waals surface area contributed by atoms with Crippen LogP contribution in [0.4, 0.5) is 0 Å². The number of halogens is 1. The van der Waals surface area contributed by atoms with Gasteiger partial charge in [0.15, 0.2) is 6.10 Å². The Morgan fingerprint density at radius 1 is 1.33 bits per heavy atom. The van der Waals surface area contributed by atoms with Crippen LogP contribution >= 0.6 is 12.4 Å². The average molecular weight is 355 g/mol. The van der Waals surface area contributed by atoms with Crippen LogP contribution in [0, 0.1) is 5.41 Å². The topological polar surface area (TPSA) is 55.6 Å². The van der Waals surface area contributed by atoms with E-state index in [0.717, 1.165) is 25.3 Å². The summed E-state index contributed by atoms with van der Waals surface area (Å²) in [4.78, 5) is 14.4. The number of carbonyl (C=O) groups excluding carboxylic acids is 1. The van der Waals surface area contributed by atoms with Crippen molar-refractivity contribution < 1.29 is 9.53 Å². The Morgan fingerprint density at radius 2 is 1.92 bits per heavy atom. The number of likely N-dealkylation sites (tertiary alicyclic amines) is 1. The lowest BCUT2D eigenvalue weighted by Gasteiger charge is -2.25. The Bertz CT molecular complexity index is 553.